The summed E-state index contributed by atoms with van der Waals surface area (Å²) in [6.45, 7) is 0.461. The molecule has 1 aromatic rings. The maximum absolute atomic E-state index is 12.6. The molecule has 2 aliphatic rings. The van der Waals surface area contributed by atoms with Gasteiger partial charge in [-0.3, -0.25) is 19.3 Å². The monoisotopic (exact) mass is 434 g/mol. The first-order chi connectivity index (χ1) is 13.1. The van der Waals surface area contributed by atoms with Crippen LogP contribution in [0.2, 0.25) is 0 Å². The molecular weight excluding hydrogens is 419 g/mol. The fourth-order valence-electron chi connectivity index (χ4n) is 3.11. The first kappa shape index (κ1) is 23.1. The molecule has 3 rings (SSSR count). The Bertz CT molecular complexity index is 984. The third-order valence-corrected chi connectivity index (χ3v) is 6.21. The number of carbonyl (C=O) groups is 4. The van der Waals surface area contributed by atoms with Gasteiger partial charge in [0.15, 0.2) is 15.2 Å². The molecule has 13 heteroatoms. The molecule has 0 aliphatic carbocycles. The van der Waals surface area contributed by atoms with Crippen LogP contribution < -0.4 is 40.0 Å². The molecule has 2 atom stereocenters. The Balaban J connectivity index is 0.00000300. The number of furan rings is 1. The molecule has 1 fully saturated rings. The van der Waals surface area contributed by atoms with E-state index in [0.717, 1.165) is 6.92 Å². The number of fused-ring (bicyclic) bond motifs is 1. The maximum Gasteiger partial charge on any atom is 1.00 e. The number of amides is 2. The van der Waals surface area contributed by atoms with Gasteiger partial charge < -0.3 is 24.4 Å². The molecule has 0 saturated carbocycles. The van der Waals surface area contributed by atoms with E-state index in [4.69, 9.17) is 4.42 Å². The van der Waals surface area contributed by atoms with Gasteiger partial charge in [-0.25, -0.2) is 8.42 Å². The smallest absolute Gasteiger partial charge is 0.543 e. The first-order valence-corrected chi connectivity index (χ1v) is 9.76. The van der Waals surface area contributed by atoms with Crippen LogP contribution in [0.3, 0.4) is 0 Å². The topological polar surface area (TPSA) is 163 Å². The van der Waals surface area contributed by atoms with Gasteiger partial charge in [0.1, 0.15) is 18.4 Å². The summed E-state index contributed by atoms with van der Waals surface area (Å²) in [4.78, 5) is 47.5. The second-order valence-electron chi connectivity index (χ2n) is 6.23. The van der Waals surface area contributed by atoms with E-state index in [1.807, 2.05) is 0 Å². The van der Waals surface area contributed by atoms with Crippen LogP contribution >= 0.6 is 0 Å². The van der Waals surface area contributed by atoms with Crippen LogP contribution in [0.25, 0.3) is 0 Å². The zero-order valence-electron chi connectivity index (χ0n) is 15.5. The molecule has 0 radical (unpaired) electrons. The van der Waals surface area contributed by atoms with E-state index in [1.54, 1.807) is 6.07 Å². The molecular formula is C16H15N2NaO9S. The minimum atomic E-state index is -4.05. The van der Waals surface area contributed by atoms with Gasteiger partial charge in [0.05, 0.1) is 30.1 Å². The Morgan fingerprint density at radius 3 is 2.62 bits per heavy atom. The number of carboxylic acids is 1. The first-order valence-electron chi connectivity index (χ1n) is 8.05. The van der Waals surface area contributed by atoms with E-state index < -0.39 is 63.1 Å². The summed E-state index contributed by atoms with van der Waals surface area (Å²) in [5.41, 5.74) is -0.942. The van der Waals surface area contributed by atoms with E-state index in [0.29, 0.717) is 10.7 Å². The largest absolute Gasteiger partial charge is 1.00 e. The van der Waals surface area contributed by atoms with Crippen molar-refractivity contribution in [3.8, 4) is 0 Å². The van der Waals surface area contributed by atoms with E-state index in [-0.39, 0.29) is 41.6 Å². The number of aliphatic carboxylic acids is 1. The summed E-state index contributed by atoms with van der Waals surface area (Å²) in [5, 5.41) is 12.2. The van der Waals surface area contributed by atoms with Crippen LogP contribution in [0.5, 0.6) is 0 Å². The Morgan fingerprint density at radius 2 is 2.07 bits per heavy atom. The number of β-lactam (4-membered cyclic amide) rings is 1. The molecule has 11 nitrogen and oxygen atoms in total. The third kappa shape index (κ3) is 4.55. The number of esters is 1. The Hall–Kier alpha value is -2.15. The predicted molar refractivity (Wildman–Crippen MR) is 87.4 cm³/mol. The Morgan fingerprint density at radius 1 is 1.38 bits per heavy atom. The summed E-state index contributed by atoms with van der Waals surface area (Å²) in [7, 11) is -4.05. The van der Waals surface area contributed by atoms with Crippen molar-refractivity contribution in [3.05, 3.63) is 35.4 Å². The van der Waals surface area contributed by atoms with Crippen LogP contribution in [0.15, 0.2) is 34.1 Å². The summed E-state index contributed by atoms with van der Waals surface area (Å²) in [6, 6.07) is 1.66. The number of hydrogen-bond acceptors (Lipinski definition) is 9. The minimum absolute atomic E-state index is 0. The number of carbonyl (C=O) groups excluding carboxylic acids is 4. The summed E-state index contributed by atoms with van der Waals surface area (Å²) >= 11 is 0. The number of nitrogens with zero attached hydrogens (tertiary/aromatic N) is 1. The molecule has 1 aromatic heterocycles. The van der Waals surface area contributed by atoms with Gasteiger partial charge in [0, 0.05) is 12.5 Å². The fraction of sp³-hybridized carbons (Fsp3) is 0.375. The molecule has 0 unspecified atom stereocenters. The third-order valence-electron chi connectivity index (χ3n) is 4.24. The average Bonchev–Trinajstić information content (AvgIpc) is 3.09. The van der Waals surface area contributed by atoms with Gasteiger partial charge in [-0.1, -0.05) is 0 Å². The number of carboxylic acid groups (broad SMARTS) is 1. The predicted octanol–water partition coefficient (Wildman–Crippen LogP) is -5.53. The van der Waals surface area contributed by atoms with Crippen LogP contribution in [-0.4, -0.2) is 60.8 Å². The Labute approximate surface area is 187 Å². The van der Waals surface area contributed by atoms with Crippen molar-refractivity contribution < 1.29 is 71.4 Å². The summed E-state index contributed by atoms with van der Waals surface area (Å²) < 4.78 is 34.8. The van der Waals surface area contributed by atoms with Gasteiger partial charge in [0.25, 0.3) is 5.91 Å². The quantitative estimate of drug-likeness (QED) is 0.261. The van der Waals surface area contributed by atoms with E-state index in [2.05, 4.69) is 10.1 Å². The second kappa shape index (κ2) is 8.69. The molecule has 0 aromatic carbocycles. The fourth-order valence-corrected chi connectivity index (χ4v) is 5.11. The normalized spacial score (nSPS) is 22.1. The molecule has 3 heterocycles. The van der Waals surface area contributed by atoms with Gasteiger partial charge >= 0.3 is 35.5 Å². The SMILES string of the molecule is CC(=O)OCC1=C(C(=O)[O-])N2C(=O)[C@H](NC(=O)Cc3ccco3)[C@@H]2S(=O)(=O)C1.[Na+]. The zero-order chi connectivity index (χ0) is 20.6. The van der Waals surface area contributed by atoms with Crippen LogP contribution in [-0.2, 0) is 40.2 Å². The van der Waals surface area contributed by atoms with E-state index >= 15 is 0 Å². The number of rotatable bonds is 6. The van der Waals surface area contributed by atoms with Crippen LogP contribution in [0.1, 0.15) is 12.7 Å². The number of nitrogens with one attached hydrogen (secondary N) is 1. The van der Waals surface area contributed by atoms with Crippen LogP contribution in [0.4, 0.5) is 0 Å². The molecule has 1 N–H and O–H groups in total. The zero-order valence-corrected chi connectivity index (χ0v) is 18.4. The molecule has 150 valence electrons. The molecule has 0 spiro atoms. The number of sulfone groups is 1. The van der Waals surface area contributed by atoms with Crippen LogP contribution in [0, 0.1) is 0 Å². The average molecular weight is 434 g/mol. The molecule has 29 heavy (non-hydrogen) atoms. The summed E-state index contributed by atoms with van der Waals surface area (Å²) in [6.07, 6.45) is 1.14. The number of hydrogen-bond donors (Lipinski definition) is 1. The van der Waals surface area contributed by atoms with Crippen molar-refractivity contribution in [1.82, 2.24) is 10.2 Å². The second-order valence-corrected chi connectivity index (χ2v) is 8.32. The molecule has 1 saturated heterocycles. The van der Waals surface area contributed by atoms with Crippen molar-refractivity contribution in [3.63, 3.8) is 0 Å². The van der Waals surface area contributed by atoms with Crippen molar-refractivity contribution in [1.29, 1.82) is 0 Å². The molecule has 2 amide bonds. The number of ether oxygens (including phenoxy) is 1. The van der Waals surface area contributed by atoms with E-state index in [1.165, 1.54) is 12.3 Å². The van der Waals surface area contributed by atoms with Gasteiger partial charge in [-0.05, 0) is 12.1 Å². The van der Waals surface area contributed by atoms with Gasteiger partial charge in [-0.2, -0.15) is 0 Å². The van der Waals surface area contributed by atoms with Crippen molar-refractivity contribution in [2.75, 3.05) is 12.4 Å². The Kier molecular flexibility index (Phi) is 6.93. The standard InChI is InChI=1S/C16H16N2O9S.Na/c1-8(19)27-6-9-7-28(24,25)15-12(14(21)18(15)13(9)16(22)23)17-11(20)5-10-3-2-4-26-10;/h2-4,12,15H,5-7H2,1H3,(H,17,20)(H,22,23);/q;+1/p-1/t12-,15-;/m0./s1. The van der Waals surface area contributed by atoms with Gasteiger partial charge in [-0.15, -0.1) is 0 Å². The summed E-state index contributed by atoms with van der Waals surface area (Å²) in [5.74, 6) is -4.54. The van der Waals surface area contributed by atoms with Crippen molar-refractivity contribution in [2.24, 2.45) is 0 Å². The minimum Gasteiger partial charge on any atom is -0.543 e. The van der Waals surface area contributed by atoms with Gasteiger partial charge in [0.2, 0.25) is 5.91 Å². The molecule has 2 aliphatic heterocycles. The maximum atomic E-state index is 12.6. The van der Waals surface area contributed by atoms with Crippen molar-refractivity contribution >= 4 is 33.6 Å². The van der Waals surface area contributed by atoms with E-state index in [9.17, 15) is 32.7 Å². The molecule has 0 bridgehead atoms. The van der Waals surface area contributed by atoms with Crippen molar-refractivity contribution in [2.45, 2.75) is 24.8 Å².